The fraction of sp³-hybridized carbons (Fsp3) is 0.550. The highest BCUT2D eigenvalue weighted by Crippen LogP contribution is 2.29. The van der Waals surface area contributed by atoms with Gasteiger partial charge in [-0.2, -0.15) is 5.10 Å². The maximum atomic E-state index is 12.3. The van der Waals surface area contributed by atoms with Gasteiger partial charge in [-0.25, -0.2) is 5.43 Å². The zero-order valence-electron chi connectivity index (χ0n) is 15.8. The van der Waals surface area contributed by atoms with Crippen molar-refractivity contribution >= 4 is 18.0 Å². The zero-order valence-corrected chi connectivity index (χ0v) is 15.8. The Morgan fingerprint density at radius 1 is 1.19 bits per heavy atom. The lowest BCUT2D eigenvalue weighted by Gasteiger charge is -2.26. The van der Waals surface area contributed by atoms with Gasteiger partial charge in [0, 0.05) is 19.0 Å². The first-order chi connectivity index (χ1) is 13.2. The molecule has 2 fully saturated rings. The minimum absolute atomic E-state index is 0.00492. The van der Waals surface area contributed by atoms with Crippen molar-refractivity contribution in [1.82, 2.24) is 10.3 Å². The topological polar surface area (TPSA) is 80.2 Å². The number of hydrogen-bond donors (Lipinski definition) is 1. The maximum absolute atomic E-state index is 12.3. The highest BCUT2D eigenvalue weighted by atomic mass is 16.5. The fourth-order valence-corrected chi connectivity index (χ4v) is 2.97. The molecule has 0 aromatic heterocycles. The van der Waals surface area contributed by atoms with Crippen molar-refractivity contribution in [3.05, 3.63) is 23.8 Å². The summed E-state index contributed by atoms with van der Waals surface area (Å²) < 4.78 is 11.3. The largest absolute Gasteiger partial charge is 0.490 e. The Morgan fingerprint density at radius 3 is 2.67 bits per heavy atom. The van der Waals surface area contributed by atoms with Gasteiger partial charge in [0.25, 0.3) is 5.91 Å². The summed E-state index contributed by atoms with van der Waals surface area (Å²) in [7, 11) is 0. The van der Waals surface area contributed by atoms with Gasteiger partial charge in [0.15, 0.2) is 18.1 Å². The average molecular weight is 373 g/mol. The number of rotatable bonds is 8. The van der Waals surface area contributed by atoms with E-state index in [2.05, 4.69) is 10.5 Å². The maximum Gasteiger partial charge on any atom is 0.260 e. The van der Waals surface area contributed by atoms with E-state index in [0.717, 1.165) is 44.3 Å². The summed E-state index contributed by atoms with van der Waals surface area (Å²) in [6.45, 7) is 3.99. The molecule has 146 valence electrons. The van der Waals surface area contributed by atoms with E-state index in [1.165, 1.54) is 6.42 Å². The number of nitrogens with one attached hydrogen (secondary N) is 1. The van der Waals surface area contributed by atoms with Crippen LogP contribution in [-0.4, -0.2) is 49.2 Å². The van der Waals surface area contributed by atoms with Crippen LogP contribution in [-0.2, 0) is 9.59 Å². The fourth-order valence-electron chi connectivity index (χ4n) is 2.97. The Morgan fingerprint density at radius 2 is 1.96 bits per heavy atom. The van der Waals surface area contributed by atoms with Crippen LogP contribution in [0.1, 0.15) is 44.6 Å². The molecular formula is C20H27N3O4. The first kappa shape index (κ1) is 19.2. The quantitative estimate of drug-likeness (QED) is 0.560. The summed E-state index contributed by atoms with van der Waals surface area (Å²) in [6, 6.07) is 5.37. The first-order valence-corrected chi connectivity index (χ1v) is 9.67. The number of hydrazone groups is 1. The van der Waals surface area contributed by atoms with Gasteiger partial charge in [-0.15, -0.1) is 0 Å². The minimum Gasteiger partial charge on any atom is -0.490 e. The van der Waals surface area contributed by atoms with E-state index in [0.29, 0.717) is 18.1 Å². The third-order valence-corrected chi connectivity index (χ3v) is 4.66. The molecule has 1 saturated heterocycles. The molecule has 0 atom stereocenters. The van der Waals surface area contributed by atoms with Crippen LogP contribution in [0.3, 0.4) is 0 Å². The van der Waals surface area contributed by atoms with Gasteiger partial charge >= 0.3 is 0 Å². The third-order valence-electron chi connectivity index (χ3n) is 4.66. The summed E-state index contributed by atoms with van der Waals surface area (Å²) in [5, 5.41) is 3.99. The molecule has 1 aliphatic heterocycles. The Balaban J connectivity index is 1.57. The number of carbonyl (C=O) groups excluding carboxylic acids is 2. The molecule has 27 heavy (non-hydrogen) atoms. The summed E-state index contributed by atoms with van der Waals surface area (Å²) >= 11 is 0. The molecule has 1 aromatic rings. The second-order valence-corrected chi connectivity index (χ2v) is 6.88. The van der Waals surface area contributed by atoms with Crippen LogP contribution in [0.25, 0.3) is 0 Å². The molecule has 1 N–H and O–H groups in total. The van der Waals surface area contributed by atoms with Crippen molar-refractivity contribution in [2.75, 3.05) is 26.3 Å². The summed E-state index contributed by atoms with van der Waals surface area (Å²) in [6.07, 6.45) is 6.76. The molecule has 0 bridgehead atoms. The third kappa shape index (κ3) is 5.70. The van der Waals surface area contributed by atoms with Crippen molar-refractivity contribution < 1.29 is 19.1 Å². The van der Waals surface area contributed by atoms with Crippen LogP contribution in [0.5, 0.6) is 11.5 Å². The van der Waals surface area contributed by atoms with Crippen molar-refractivity contribution in [3.63, 3.8) is 0 Å². The molecule has 3 rings (SSSR count). The van der Waals surface area contributed by atoms with Crippen molar-refractivity contribution in [3.8, 4) is 11.5 Å². The number of nitrogens with zero attached hydrogens (tertiary/aromatic N) is 2. The van der Waals surface area contributed by atoms with Gasteiger partial charge in [0.2, 0.25) is 5.91 Å². The summed E-state index contributed by atoms with van der Waals surface area (Å²) in [4.78, 5) is 25.7. The van der Waals surface area contributed by atoms with E-state index < -0.39 is 0 Å². The Bertz CT molecular complexity index is 694. The summed E-state index contributed by atoms with van der Waals surface area (Å²) in [5.74, 6) is 1.18. The molecule has 0 spiro atoms. The molecule has 7 nitrogen and oxygen atoms in total. The lowest BCUT2D eigenvalue weighted by atomic mass is 10.1. The van der Waals surface area contributed by atoms with E-state index in [1.807, 2.05) is 17.9 Å². The van der Waals surface area contributed by atoms with Gasteiger partial charge < -0.3 is 14.4 Å². The number of ether oxygens (including phenoxy) is 2. The first-order valence-electron chi connectivity index (χ1n) is 9.67. The predicted molar refractivity (Wildman–Crippen MR) is 102 cm³/mol. The minimum atomic E-state index is -0.0348. The van der Waals surface area contributed by atoms with E-state index in [-0.39, 0.29) is 24.3 Å². The molecular weight excluding hydrogens is 346 g/mol. The molecule has 1 saturated carbocycles. The lowest BCUT2D eigenvalue weighted by molar-refractivity contribution is -0.134. The molecule has 2 amide bonds. The second-order valence-electron chi connectivity index (χ2n) is 6.88. The van der Waals surface area contributed by atoms with E-state index in [1.54, 1.807) is 18.3 Å². The zero-order chi connectivity index (χ0) is 19.1. The van der Waals surface area contributed by atoms with E-state index >= 15 is 0 Å². The average Bonchev–Trinajstić information content (AvgIpc) is 3.53. The standard InChI is InChI=1S/C20H27N3O4/c1-2-26-18-12-15(13-21-22-20(25)16-7-8-16)6-9-17(18)27-14-19(24)23-10-4-3-5-11-23/h6,9,12-13,16H,2-5,7-8,10-11,14H2,1H3,(H,22,25)/b21-13+. The van der Waals surface area contributed by atoms with Crippen molar-refractivity contribution in [2.45, 2.75) is 39.0 Å². The van der Waals surface area contributed by atoms with Crippen LogP contribution < -0.4 is 14.9 Å². The van der Waals surface area contributed by atoms with Crippen LogP contribution in [0.15, 0.2) is 23.3 Å². The molecule has 2 aliphatic rings. The molecule has 1 aliphatic carbocycles. The Kier molecular flexibility index (Phi) is 6.68. The SMILES string of the molecule is CCOc1cc(/C=N/NC(=O)C2CC2)ccc1OCC(=O)N1CCCCC1. The van der Waals surface area contributed by atoms with E-state index in [9.17, 15) is 9.59 Å². The number of carbonyl (C=O) groups is 2. The molecule has 1 aromatic carbocycles. The number of benzene rings is 1. The smallest absolute Gasteiger partial charge is 0.260 e. The highest BCUT2D eigenvalue weighted by molar-refractivity contribution is 5.85. The molecule has 1 heterocycles. The van der Waals surface area contributed by atoms with Crippen LogP contribution in [0.4, 0.5) is 0 Å². The van der Waals surface area contributed by atoms with Crippen LogP contribution in [0.2, 0.25) is 0 Å². The van der Waals surface area contributed by atoms with E-state index in [4.69, 9.17) is 9.47 Å². The van der Waals surface area contributed by atoms with Crippen LogP contribution in [0, 0.1) is 5.92 Å². The van der Waals surface area contributed by atoms with Crippen molar-refractivity contribution in [2.24, 2.45) is 11.0 Å². The lowest BCUT2D eigenvalue weighted by Crippen LogP contribution is -2.38. The predicted octanol–water partition coefficient (Wildman–Crippen LogP) is 2.34. The second kappa shape index (κ2) is 9.39. The van der Waals surface area contributed by atoms with Gasteiger partial charge in [-0.05, 0) is 62.8 Å². The highest BCUT2D eigenvalue weighted by Gasteiger charge is 2.29. The van der Waals surface area contributed by atoms with Gasteiger partial charge in [0.05, 0.1) is 12.8 Å². The number of hydrogen-bond acceptors (Lipinski definition) is 5. The molecule has 0 radical (unpaired) electrons. The number of amides is 2. The summed E-state index contributed by atoms with van der Waals surface area (Å²) in [5.41, 5.74) is 3.33. The number of likely N-dealkylation sites (tertiary alicyclic amines) is 1. The normalized spacial score (nSPS) is 17.0. The van der Waals surface area contributed by atoms with Gasteiger partial charge in [0.1, 0.15) is 0 Å². The van der Waals surface area contributed by atoms with Crippen molar-refractivity contribution in [1.29, 1.82) is 0 Å². The molecule has 0 unspecified atom stereocenters. The van der Waals surface area contributed by atoms with Crippen LogP contribution >= 0.6 is 0 Å². The van der Waals surface area contributed by atoms with Gasteiger partial charge in [-0.3, -0.25) is 9.59 Å². The van der Waals surface area contributed by atoms with Gasteiger partial charge in [-0.1, -0.05) is 0 Å². The molecule has 7 heteroatoms. The Hall–Kier alpha value is -2.57. The Labute approximate surface area is 159 Å². The number of piperidine rings is 1. The monoisotopic (exact) mass is 373 g/mol.